The van der Waals surface area contributed by atoms with Crippen LogP contribution >= 0.6 is 11.8 Å². The fourth-order valence-electron chi connectivity index (χ4n) is 1.82. The van der Waals surface area contributed by atoms with Crippen molar-refractivity contribution in [1.29, 1.82) is 0 Å². The van der Waals surface area contributed by atoms with Gasteiger partial charge in [0, 0.05) is 6.20 Å². The molecule has 0 aliphatic heterocycles. The van der Waals surface area contributed by atoms with Gasteiger partial charge < -0.3 is 5.73 Å². The highest BCUT2D eigenvalue weighted by Gasteiger charge is 2.10. The summed E-state index contributed by atoms with van der Waals surface area (Å²) in [4.78, 5) is 4.43. The molecule has 1 heterocycles. The van der Waals surface area contributed by atoms with Crippen LogP contribution in [0.15, 0.2) is 47.6 Å². The van der Waals surface area contributed by atoms with Gasteiger partial charge in [0.05, 0.1) is 11.1 Å². The lowest BCUT2D eigenvalue weighted by molar-refractivity contribution is 0.850. The molecule has 1 aromatic heterocycles. The number of hydrogen-bond donors (Lipinski definition) is 1. The van der Waals surface area contributed by atoms with Gasteiger partial charge >= 0.3 is 0 Å². The summed E-state index contributed by atoms with van der Waals surface area (Å²) in [6.45, 7) is 2.07. The third-order valence-corrected chi connectivity index (χ3v) is 3.58. The Kier molecular flexibility index (Phi) is 3.82. The van der Waals surface area contributed by atoms with Crippen LogP contribution in [0.5, 0.6) is 0 Å². The van der Waals surface area contributed by atoms with Crippen LogP contribution < -0.4 is 5.73 Å². The number of nitrogens with zero attached hydrogens (tertiary/aromatic N) is 1. The van der Waals surface area contributed by atoms with E-state index in [1.54, 1.807) is 11.8 Å². The monoisotopic (exact) mass is 244 g/mol. The number of aromatic nitrogens is 1. The van der Waals surface area contributed by atoms with Crippen molar-refractivity contribution in [2.45, 2.75) is 18.0 Å². The Hall–Kier alpha value is -1.32. The van der Waals surface area contributed by atoms with Gasteiger partial charge in [-0.25, -0.2) is 4.98 Å². The van der Waals surface area contributed by atoms with E-state index in [4.69, 9.17) is 5.73 Å². The maximum atomic E-state index is 6.23. The normalized spacial score (nSPS) is 12.4. The Balaban J connectivity index is 2.32. The standard InChI is InChI=1S/C14H16N2S/c1-10-8-12(9-16-14(10)17-2)13(15)11-6-4-3-5-7-11/h3-9,13H,15H2,1-2H3/t13-/m0/s1. The number of pyridine rings is 1. The van der Waals surface area contributed by atoms with E-state index >= 15 is 0 Å². The van der Waals surface area contributed by atoms with Gasteiger partial charge in [-0.1, -0.05) is 30.3 Å². The van der Waals surface area contributed by atoms with Crippen molar-refractivity contribution in [3.63, 3.8) is 0 Å². The summed E-state index contributed by atoms with van der Waals surface area (Å²) in [7, 11) is 0. The molecule has 1 atom stereocenters. The summed E-state index contributed by atoms with van der Waals surface area (Å²) in [6.07, 6.45) is 3.91. The van der Waals surface area contributed by atoms with Crippen LogP contribution in [0.25, 0.3) is 0 Å². The summed E-state index contributed by atoms with van der Waals surface area (Å²) >= 11 is 1.66. The smallest absolute Gasteiger partial charge is 0.0986 e. The highest BCUT2D eigenvalue weighted by Crippen LogP contribution is 2.23. The van der Waals surface area contributed by atoms with E-state index in [1.165, 1.54) is 5.56 Å². The zero-order valence-corrected chi connectivity index (χ0v) is 10.9. The van der Waals surface area contributed by atoms with E-state index in [-0.39, 0.29) is 6.04 Å². The van der Waals surface area contributed by atoms with Crippen LogP contribution in [-0.2, 0) is 0 Å². The molecule has 17 heavy (non-hydrogen) atoms. The number of benzene rings is 1. The summed E-state index contributed by atoms with van der Waals surface area (Å²) in [5.41, 5.74) is 9.59. The Morgan fingerprint density at radius 2 is 1.88 bits per heavy atom. The minimum atomic E-state index is -0.0988. The number of rotatable bonds is 3. The average molecular weight is 244 g/mol. The number of hydrogen-bond acceptors (Lipinski definition) is 3. The van der Waals surface area contributed by atoms with Gasteiger partial charge in [0.2, 0.25) is 0 Å². The molecule has 0 saturated heterocycles. The first-order chi connectivity index (χ1) is 8.22. The predicted molar refractivity (Wildman–Crippen MR) is 73.2 cm³/mol. The second kappa shape index (κ2) is 5.34. The average Bonchev–Trinajstić information content (AvgIpc) is 2.39. The van der Waals surface area contributed by atoms with Gasteiger partial charge in [-0.05, 0) is 35.9 Å². The van der Waals surface area contributed by atoms with Crippen LogP contribution in [0.2, 0.25) is 0 Å². The zero-order chi connectivity index (χ0) is 12.3. The summed E-state index contributed by atoms with van der Waals surface area (Å²) in [5, 5.41) is 1.06. The Morgan fingerprint density at radius 1 is 1.18 bits per heavy atom. The second-order valence-corrected chi connectivity index (χ2v) is 4.78. The predicted octanol–water partition coefficient (Wildman–Crippen LogP) is 3.16. The number of nitrogens with two attached hydrogens (primary N) is 1. The van der Waals surface area contributed by atoms with E-state index in [1.807, 2.05) is 42.8 Å². The molecule has 0 saturated carbocycles. The second-order valence-electron chi connectivity index (χ2n) is 3.98. The molecule has 2 rings (SSSR count). The third kappa shape index (κ3) is 2.68. The lowest BCUT2D eigenvalue weighted by Crippen LogP contribution is -2.12. The Bertz CT molecular complexity index is 497. The fraction of sp³-hybridized carbons (Fsp3) is 0.214. The maximum absolute atomic E-state index is 6.23. The highest BCUT2D eigenvalue weighted by molar-refractivity contribution is 7.98. The third-order valence-electron chi connectivity index (χ3n) is 2.76. The van der Waals surface area contributed by atoms with E-state index < -0.39 is 0 Å². The molecule has 0 aliphatic carbocycles. The molecule has 2 nitrogen and oxygen atoms in total. The van der Waals surface area contributed by atoms with Crippen LogP contribution in [0.3, 0.4) is 0 Å². The summed E-state index contributed by atoms with van der Waals surface area (Å²) < 4.78 is 0. The van der Waals surface area contributed by atoms with Gasteiger partial charge in [-0.3, -0.25) is 0 Å². The Morgan fingerprint density at radius 3 is 2.47 bits per heavy atom. The summed E-state index contributed by atoms with van der Waals surface area (Å²) in [5.74, 6) is 0. The minimum absolute atomic E-state index is 0.0988. The molecule has 0 amide bonds. The van der Waals surface area contributed by atoms with Gasteiger partial charge in [0.25, 0.3) is 0 Å². The molecule has 0 aliphatic rings. The molecule has 3 heteroatoms. The lowest BCUT2D eigenvalue weighted by Gasteiger charge is -2.13. The molecule has 2 aromatic rings. The molecule has 1 aromatic carbocycles. The van der Waals surface area contributed by atoms with E-state index in [0.717, 1.165) is 16.2 Å². The Labute approximate surface area is 106 Å². The fourth-order valence-corrected chi connectivity index (χ4v) is 2.36. The molecule has 0 radical (unpaired) electrons. The quantitative estimate of drug-likeness (QED) is 0.843. The van der Waals surface area contributed by atoms with Crippen molar-refractivity contribution < 1.29 is 0 Å². The van der Waals surface area contributed by atoms with Crippen molar-refractivity contribution in [3.05, 3.63) is 59.3 Å². The molecule has 0 unspecified atom stereocenters. The van der Waals surface area contributed by atoms with Crippen molar-refractivity contribution in [2.75, 3.05) is 6.26 Å². The molecule has 0 spiro atoms. The van der Waals surface area contributed by atoms with Gasteiger partial charge in [0.15, 0.2) is 0 Å². The molecular formula is C14H16N2S. The minimum Gasteiger partial charge on any atom is -0.320 e. The molecule has 2 N–H and O–H groups in total. The first kappa shape index (κ1) is 12.1. The van der Waals surface area contributed by atoms with Gasteiger partial charge in [-0.2, -0.15) is 0 Å². The van der Waals surface area contributed by atoms with Crippen molar-refractivity contribution in [2.24, 2.45) is 5.73 Å². The largest absolute Gasteiger partial charge is 0.320 e. The van der Waals surface area contributed by atoms with Crippen LogP contribution in [0.4, 0.5) is 0 Å². The van der Waals surface area contributed by atoms with Crippen LogP contribution in [0.1, 0.15) is 22.7 Å². The van der Waals surface area contributed by atoms with Gasteiger partial charge in [0.1, 0.15) is 0 Å². The van der Waals surface area contributed by atoms with Crippen molar-refractivity contribution in [1.82, 2.24) is 4.98 Å². The molecule has 0 fully saturated rings. The SMILES string of the molecule is CSc1ncc([C@@H](N)c2ccccc2)cc1C. The first-order valence-corrected chi connectivity index (χ1v) is 6.76. The van der Waals surface area contributed by atoms with E-state index in [2.05, 4.69) is 18.0 Å². The summed E-state index contributed by atoms with van der Waals surface area (Å²) in [6, 6.07) is 12.1. The maximum Gasteiger partial charge on any atom is 0.0986 e. The first-order valence-electron chi connectivity index (χ1n) is 5.53. The zero-order valence-electron chi connectivity index (χ0n) is 10.1. The van der Waals surface area contributed by atoms with E-state index in [0.29, 0.717) is 0 Å². The topological polar surface area (TPSA) is 38.9 Å². The number of aryl methyl sites for hydroxylation is 1. The van der Waals surface area contributed by atoms with Crippen LogP contribution in [0, 0.1) is 6.92 Å². The van der Waals surface area contributed by atoms with Gasteiger partial charge in [-0.15, -0.1) is 11.8 Å². The highest BCUT2D eigenvalue weighted by atomic mass is 32.2. The number of thioether (sulfide) groups is 1. The lowest BCUT2D eigenvalue weighted by atomic mass is 10.0. The molecule has 88 valence electrons. The van der Waals surface area contributed by atoms with Crippen molar-refractivity contribution >= 4 is 11.8 Å². The molecular weight excluding hydrogens is 228 g/mol. The van der Waals surface area contributed by atoms with Crippen LogP contribution in [-0.4, -0.2) is 11.2 Å². The molecule has 0 bridgehead atoms. The van der Waals surface area contributed by atoms with Crippen molar-refractivity contribution in [3.8, 4) is 0 Å². The van der Waals surface area contributed by atoms with E-state index in [9.17, 15) is 0 Å².